The molecule has 74 valence electrons. The van der Waals surface area contributed by atoms with Gasteiger partial charge in [-0.1, -0.05) is 0 Å². The standard InChI is InChI=1S/C9H11N3O2/c1-7(9(13)14)12-11-6-8-2-4-10-5-3-8/h2-5,11H,6H2,1H3,(H,13,14). The number of carboxylic acid groups (broad SMARTS) is 1. The van der Waals surface area contributed by atoms with Crippen LogP contribution in [0.1, 0.15) is 12.5 Å². The minimum atomic E-state index is -1.02. The molecule has 1 rings (SSSR count). The molecule has 0 aromatic carbocycles. The zero-order chi connectivity index (χ0) is 10.4. The van der Waals surface area contributed by atoms with Crippen LogP contribution in [0.15, 0.2) is 29.6 Å². The molecule has 0 aliphatic carbocycles. The number of hydrogen-bond donors (Lipinski definition) is 2. The van der Waals surface area contributed by atoms with E-state index in [1.165, 1.54) is 6.92 Å². The van der Waals surface area contributed by atoms with E-state index < -0.39 is 5.97 Å². The fraction of sp³-hybridized carbons (Fsp3) is 0.222. The first-order chi connectivity index (χ1) is 6.70. The minimum Gasteiger partial charge on any atom is -0.477 e. The Morgan fingerprint density at radius 2 is 2.21 bits per heavy atom. The Morgan fingerprint density at radius 1 is 1.57 bits per heavy atom. The van der Waals surface area contributed by atoms with Gasteiger partial charge in [0.15, 0.2) is 0 Å². The second kappa shape index (κ2) is 4.96. The fourth-order valence-electron chi connectivity index (χ4n) is 0.798. The van der Waals surface area contributed by atoms with E-state index in [1.807, 2.05) is 12.1 Å². The van der Waals surface area contributed by atoms with E-state index in [9.17, 15) is 4.79 Å². The van der Waals surface area contributed by atoms with Crippen LogP contribution in [0.25, 0.3) is 0 Å². The molecule has 0 fully saturated rings. The lowest BCUT2D eigenvalue weighted by atomic mass is 10.3. The van der Waals surface area contributed by atoms with Gasteiger partial charge in [-0.25, -0.2) is 4.79 Å². The normalized spacial score (nSPS) is 11.1. The van der Waals surface area contributed by atoms with Gasteiger partial charge in [0.25, 0.3) is 0 Å². The Morgan fingerprint density at radius 3 is 2.79 bits per heavy atom. The zero-order valence-electron chi connectivity index (χ0n) is 7.77. The molecule has 14 heavy (non-hydrogen) atoms. The predicted molar refractivity (Wildman–Crippen MR) is 51.8 cm³/mol. The largest absolute Gasteiger partial charge is 0.477 e. The van der Waals surface area contributed by atoms with Crippen LogP contribution in [0.5, 0.6) is 0 Å². The van der Waals surface area contributed by atoms with Crippen molar-refractivity contribution in [2.45, 2.75) is 13.5 Å². The summed E-state index contributed by atoms with van der Waals surface area (Å²) in [5.74, 6) is -1.02. The van der Waals surface area contributed by atoms with Crippen molar-refractivity contribution in [3.8, 4) is 0 Å². The second-order valence-electron chi connectivity index (χ2n) is 2.69. The van der Waals surface area contributed by atoms with E-state index in [2.05, 4.69) is 15.5 Å². The van der Waals surface area contributed by atoms with E-state index in [4.69, 9.17) is 5.11 Å². The zero-order valence-corrected chi connectivity index (χ0v) is 7.77. The molecule has 1 aromatic rings. The van der Waals surface area contributed by atoms with Crippen LogP contribution in [0.3, 0.4) is 0 Å². The lowest BCUT2D eigenvalue weighted by molar-refractivity contribution is -0.129. The lowest BCUT2D eigenvalue weighted by Crippen LogP contribution is -2.14. The Balaban J connectivity index is 2.43. The number of carboxylic acids is 1. The molecule has 0 spiro atoms. The van der Waals surface area contributed by atoms with Gasteiger partial charge in [0, 0.05) is 12.4 Å². The van der Waals surface area contributed by atoms with Crippen LogP contribution in [-0.4, -0.2) is 21.8 Å². The molecule has 1 heterocycles. The van der Waals surface area contributed by atoms with Crippen molar-refractivity contribution >= 4 is 11.7 Å². The quantitative estimate of drug-likeness (QED) is 0.543. The Labute approximate surface area is 81.5 Å². The summed E-state index contributed by atoms with van der Waals surface area (Å²) in [5, 5.41) is 12.2. The molecule has 0 bridgehead atoms. The van der Waals surface area contributed by atoms with Crippen molar-refractivity contribution in [1.82, 2.24) is 10.4 Å². The second-order valence-corrected chi connectivity index (χ2v) is 2.69. The maximum Gasteiger partial charge on any atom is 0.351 e. The summed E-state index contributed by atoms with van der Waals surface area (Å²) < 4.78 is 0. The van der Waals surface area contributed by atoms with Crippen molar-refractivity contribution in [2.75, 3.05) is 0 Å². The number of rotatable bonds is 4. The van der Waals surface area contributed by atoms with Gasteiger partial charge in [-0.05, 0) is 24.6 Å². The van der Waals surface area contributed by atoms with E-state index in [0.29, 0.717) is 6.54 Å². The van der Waals surface area contributed by atoms with Gasteiger partial charge in [0.05, 0.1) is 6.54 Å². The maximum absolute atomic E-state index is 10.4. The summed E-state index contributed by atoms with van der Waals surface area (Å²) in [7, 11) is 0. The fourth-order valence-corrected chi connectivity index (χ4v) is 0.798. The topological polar surface area (TPSA) is 74.6 Å². The van der Waals surface area contributed by atoms with Gasteiger partial charge in [-0.15, -0.1) is 0 Å². The first-order valence-electron chi connectivity index (χ1n) is 4.09. The Bertz CT molecular complexity index is 335. The Kier molecular flexibility index (Phi) is 3.60. The molecule has 0 unspecified atom stereocenters. The van der Waals surface area contributed by atoms with Gasteiger partial charge in [0.1, 0.15) is 5.71 Å². The van der Waals surface area contributed by atoms with Gasteiger partial charge in [0.2, 0.25) is 0 Å². The predicted octanol–water partition coefficient (Wildman–Crippen LogP) is 0.632. The molecule has 0 aliphatic rings. The Hall–Kier alpha value is -1.91. The molecule has 5 nitrogen and oxygen atoms in total. The number of carbonyl (C=O) groups is 1. The van der Waals surface area contributed by atoms with Crippen molar-refractivity contribution in [2.24, 2.45) is 5.10 Å². The first kappa shape index (κ1) is 10.2. The smallest absolute Gasteiger partial charge is 0.351 e. The SMILES string of the molecule is CC(=NNCc1ccncc1)C(=O)O. The van der Waals surface area contributed by atoms with E-state index in [0.717, 1.165) is 5.56 Å². The van der Waals surface area contributed by atoms with Gasteiger partial charge >= 0.3 is 5.97 Å². The molecule has 0 aliphatic heterocycles. The molecule has 0 amide bonds. The van der Waals surface area contributed by atoms with Crippen molar-refractivity contribution in [1.29, 1.82) is 0 Å². The number of nitrogens with one attached hydrogen (secondary N) is 1. The summed E-state index contributed by atoms with van der Waals surface area (Å²) >= 11 is 0. The van der Waals surface area contributed by atoms with Crippen LogP contribution in [0, 0.1) is 0 Å². The van der Waals surface area contributed by atoms with Gasteiger partial charge < -0.3 is 10.5 Å². The average molecular weight is 193 g/mol. The molecule has 0 radical (unpaired) electrons. The lowest BCUT2D eigenvalue weighted by Gasteiger charge is -2.00. The third-order valence-electron chi connectivity index (χ3n) is 1.59. The summed E-state index contributed by atoms with van der Waals surface area (Å²) in [6.07, 6.45) is 3.34. The van der Waals surface area contributed by atoms with E-state index >= 15 is 0 Å². The van der Waals surface area contributed by atoms with Crippen LogP contribution < -0.4 is 5.43 Å². The third kappa shape index (κ3) is 3.22. The van der Waals surface area contributed by atoms with Crippen LogP contribution >= 0.6 is 0 Å². The van der Waals surface area contributed by atoms with Crippen molar-refractivity contribution < 1.29 is 9.90 Å². The molecular formula is C9H11N3O2. The monoisotopic (exact) mass is 193 g/mol. The van der Waals surface area contributed by atoms with Crippen LogP contribution in [-0.2, 0) is 11.3 Å². The summed E-state index contributed by atoms with van der Waals surface area (Å²) in [4.78, 5) is 14.2. The molecule has 5 heteroatoms. The summed E-state index contributed by atoms with van der Waals surface area (Å²) in [6, 6.07) is 3.66. The first-order valence-corrected chi connectivity index (χ1v) is 4.09. The minimum absolute atomic E-state index is 0.0408. The number of hydrazone groups is 1. The number of aliphatic carboxylic acids is 1. The number of hydrogen-bond acceptors (Lipinski definition) is 4. The molecule has 0 atom stereocenters. The summed E-state index contributed by atoms with van der Waals surface area (Å²) in [5.41, 5.74) is 3.70. The number of aromatic nitrogens is 1. The highest BCUT2D eigenvalue weighted by molar-refractivity contribution is 6.34. The molecule has 0 saturated heterocycles. The number of pyridine rings is 1. The average Bonchev–Trinajstić information content (AvgIpc) is 2.19. The highest BCUT2D eigenvalue weighted by Gasteiger charge is 1.99. The van der Waals surface area contributed by atoms with E-state index in [1.54, 1.807) is 12.4 Å². The third-order valence-corrected chi connectivity index (χ3v) is 1.59. The molecule has 1 aromatic heterocycles. The van der Waals surface area contributed by atoms with Crippen LogP contribution in [0.4, 0.5) is 0 Å². The highest BCUT2D eigenvalue weighted by Crippen LogP contribution is 1.94. The number of nitrogens with zero attached hydrogens (tertiary/aromatic N) is 2. The summed E-state index contributed by atoms with van der Waals surface area (Å²) in [6.45, 7) is 1.93. The van der Waals surface area contributed by atoms with Gasteiger partial charge in [-0.2, -0.15) is 5.10 Å². The highest BCUT2D eigenvalue weighted by atomic mass is 16.4. The van der Waals surface area contributed by atoms with Crippen LogP contribution in [0.2, 0.25) is 0 Å². The van der Waals surface area contributed by atoms with Crippen molar-refractivity contribution in [3.63, 3.8) is 0 Å². The molecule has 2 N–H and O–H groups in total. The van der Waals surface area contributed by atoms with Crippen molar-refractivity contribution in [3.05, 3.63) is 30.1 Å². The maximum atomic E-state index is 10.4. The molecular weight excluding hydrogens is 182 g/mol. The molecule has 0 saturated carbocycles. The van der Waals surface area contributed by atoms with Gasteiger partial charge in [-0.3, -0.25) is 4.98 Å². The van der Waals surface area contributed by atoms with E-state index in [-0.39, 0.29) is 5.71 Å².